The van der Waals surface area contributed by atoms with Crippen LogP contribution in [0.2, 0.25) is 0 Å². The van der Waals surface area contributed by atoms with Crippen molar-refractivity contribution in [3.8, 4) is 17.6 Å². The number of aliphatic hydroxyl groups is 1. The Morgan fingerprint density at radius 2 is 2.40 bits per heavy atom. The van der Waals surface area contributed by atoms with Crippen LogP contribution in [0.25, 0.3) is 0 Å². The normalized spacial score (nSPS) is 14.8. The van der Waals surface area contributed by atoms with E-state index in [1.54, 1.807) is 6.92 Å². The van der Waals surface area contributed by atoms with Gasteiger partial charge in [-0.3, -0.25) is 0 Å². The predicted molar refractivity (Wildman–Crippen MR) is 58.7 cm³/mol. The zero-order chi connectivity index (χ0) is 10.7. The van der Waals surface area contributed by atoms with Crippen molar-refractivity contribution in [2.45, 2.75) is 25.9 Å². The average molecular weight is 202 g/mol. The molecular weight excluding hydrogens is 188 g/mol. The molecule has 1 atom stereocenters. The van der Waals surface area contributed by atoms with E-state index in [9.17, 15) is 5.11 Å². The van der Waals surface area contributed by atoms with E-state index in [1.807, 2.05) is 18.2 Å². The van der Waals surface area contributed by atoms with Gasteiger partial charge >= 0.3 is 0 Å². The number of fused-ring (bicyclic) bond motifs is 1. The molecule has 2 heteroatoms. The van der Waals surface area contributed by atoms with E-state index in [-0.39, 0.29) is 0 Å². The first kappa shape index (κ1) is 10.1. The molecule has 1 heterocycles. The quantitative estimate of drug-likeness (QED) is 0.744. The molecule has 0 spiro atoms. The SMILES string of the molecule is CC#CCC(O)c1ccc2c(c1)CCO2. The smallest absolute Gasteiger partial charge is 0.122 e. The highest BCUT2D eigenvalue weighted by molar-refractivity contribution is 5.40. The summed E-state index contributed by atoms with van der Waals surface area (Å²) in [4.78, 5) is 0. The van der Waals surface area contributed by atoms with Crippen LogP contribution < -0.4 is 4.74 Å². The standard InChI is InChI=1S/C13H14O2/c1-2-3-4-12(14)10-5-6-13-11(9-10)7-8-15-13/h5-6,9,12,14H,4,7-8H2,1H3. The lowest BCUT2D eigenvalue weighted by molar-refractivity contribution is 0.184. The molecular formula is C13H14O2. The maximum atomic E-state index is 9.84. The molecule has 0 aliphatic carbocycles. The van der Waals surface area contributed by atoms with Crippen LogP contribution in [0.15, 0.2) is 18.2 Å². The van der Waals surface area contributed by atoms with Crippen LogP contribution in [0.5, 0.6) is 5.75 Å². The predicted octanol–water partition coefficient (Wildman–Crippen LogP) is 2.07. The van der Waals surface area contributed by atoms with Crippen molar-refractivity contribution in [3.63, 3.8) is 0 Å². The summed E-state index contributed by atoms with van der Waals surface area (Å²) in [5, 5.41) is 9.84. The Morgan fingerprint density at radius 3 is 3.20 bits per heavy atom. The molecule has 0 amide bonds. The lowest BCUT2D eigenvalue weighted by atomic mass is 10.0. The topological polar surface area (TPSA) is 29.5 Å². The molecule has 0 aromatic heterocycles. The molecule has 0 bridgehead atoms. The van der Waals surface area contributed by atoms with E-state index >= 15 is 0 Å². The second-order valence-corrected chi connectivity index (χ2v) is 3.61. The van der Waals surface area contributed by atoms with Gasteiger partial charge < -0.3 is 9.84 Å². The number of benzene rings is 1. The van der Waals surface area contributed by atoms with Gasteiger partial charge in [0.2, 0.25) is 0 Å². The van der Waals surface area contributed by atoms with E-state index in [0.29, 0.717) is 6.42 Å². The molecule has 1 aromatic rings. The molecule has 0 fully saturated rings. The summed E-state index contributed by atoms with van der Waals surface area (Å²) in [6.07, 6.45) is 0.953. The minimum absolute atomic E-state index is 0.483. The highest BCUT2D eigenvalue weighted by Crippen LogP contribution is 2.28. The second-order valence-electron chi connectivity index (χ2n) is 3.61. The third-order valence-corrected chi connectivity index (χ3v) is 2.57. The summed E-state index contributed by atoms with van der Waals surface area (Å²) >= 11 is 0. The number of hydrogen-bond acceptors (Lipinski definition) is 2. The van der Waals surface area contributed by atoms with Gasteiger partial charge in [0, 0.05) is 12.8 Å². The van der Waals surface area contributed by atoms with Crippen LogP contribution in [-0.2, 0) is 6.42 Å². The van der Waals surface area contributed by atoms with Gasteiger partial charge in [-0.05, 0) is 30.2 Å². The van der Waals surface area contributed by atoms with Crippen molar-refractivity contribution >= 4 is 0 Å². The fourth-order valence-electron chi connectivity index (χ4n) is 1.73. The Balaban J connectivity index is 2.17. The molecule has 2 rings (SSSR count). The van der Waals surface area contributed by atoms with Crippen molar-refractivity contribution in [3.05, 3.63) is 29.3 Å². The Kier molecular flexibility index (Phi) is 2.94. The van der Waals surface area contributed by atoms with E-state index in [4.69, 9.17) is 4.74 Å². The molecule has 0 saturated heterocycles. The first-order valence-corrected chi connectivity index (χ1v) is 5.14. The first-order chi connectivity index (χ1) is 7.31. The van der Waals surface area contributed by atoms with Gasteiger partial charge in [0.05, 0.1) is 12.7 Å². The van der Waals surface area contributed by atoms with E-state index in [1.165, 1.54) is 5.56 Å². The highest BCUT2D eigenvalue weighted by Gasteiger charge is 2.14. The summed E-state index contributed by atoms with van der Waals surface area (Å²) in [5.41, 5.74) is 2.12. The van der Waals surface area contributed by atoms with Crippen LogP contribution in [0.3, 0.4) is 0 Å². The zero-order valence-electron chi connectivity index (χ0n) is 8.79. The first-order valence-electron chi connectivity index (χ1n) is 5.14. The van der Waals surface area contributed by atoms with Gasteiger partial charge in [-0.25, -0.2) is 0 Å². The number of rotatable bonds is 2. The van der Waals surface area contributed by atoms with Crippen molar-refractivity contribution in [2.75, 3.05) is 6.61 Å². The molecule has 1 unspecified atom stereocenters. The van der Waals surface area contributed by atoms with Crippen molar-refractivity contribution < 1.29 is 9.84 Å². The van der Waals surface area contributed by atoms with Crippen LogP contribution >= 0.6 is 0 Å². The molecule has 1 aromatic carbocycles. The third-order valence-electron chi connectivity index (χ3n) is 2.57. The molecule has 0 saturated carbocycles. The van der Waals surface area contributed by atoms with Crippen LogP contribution in [-0.4, -0.2) is 11.7 Å². The van der Waals surface area contributed by atoms with E-state index in [0.717, 1.165) is 24.3 Å². The largest absolute Gasteiger partial charge is 0.493 e. The maximum Gasteiger partial charge on any atom is 0.122 e. The van der Waals surface area contributed by atoms with Gasteiger partial charge in [-0.1, -0.05) is 6.07 Å². The monoisotopic (exact) mass is 202 g/mol. The lowest BCUT2D eigenvalue weighted by Crippen LogP contribution is -1.96. The van der Waals surface area contributed by atoms with Gasteiger partial charge in [0.1, 0.15) is 5.75 Å². The summed E-state index contributed by atoms with van der Waals surface area (Å²) < 4.78 is 5.40. The van der Waals surface area contributed by atoms with Gasteiger partial charge in [0.15, 0.2) is 0 Å². The Hall–Kier alpha value is -1.46. The minimum atomic E-state index is -0.483. The molecule has 1 aliphatic rings. The lowest BCUT2D eigenvalue weighted by Gasteiger charge is -2.08. The van der Waals surface area contributed by atoms with Gasteiger partial charge in [-0.2, -0.15) is 0 Å². The Morgan fingerprint density at radius 1 is 1.53 bits per heavy atom. The molecule has 2 nitrogen and oxygen atoms in total. The fraction of sp³-hybridized carbons (Fsp3) is 0.385. The highest BCUT2D eigenvalue weighted by atomic mass is 16.5. The summed E-state index contributed by atoms with van der Waals surface area (Å²) in [6.45, 7) is 2.53. The average Bonchev–Trinajstić information content (AvgIpc) is 2.72. The molecule has 1 aliphatic heterocycles. The van der Waals surface area contributed by atoms with Crippen LogP contribution in [0.4, 0.5) is 0 Å². The Labute approximate surface area is 89.9 Å². The third kappa shape index (κ3) is 2.14. The maximum absolute atomic E-state index is 9.84. The second kappa shape index (κ2) is 4.37. The Bertz CT molecular complexity index is 412. The number of hydrogen-bond donors (Lipinski definition) is 1. The van der Waals surface area contributed by atoms with Gasteiger partial charge in [0.25, 0.3) is 0 Å². The zero-order valence-corrected chi connectivity index (χ0v) is 8.79. The minimum Gasteiger partial charge on any atom is -0.493 e. The summed E-state index contributed by atoms with van der Waals surface area (Å²) in [7, 11) is 0. The number of ether oxygens (including phenoxy) is 1. The van der Waals surface area contributed by atoms with E-state index in [2.05, 4.69) is 11.8 Å². The number of aliphatic hydroxyl groups excluding tert-OH is 1. The molecule has 78 valence electrons. The fourth-order valence-corrected chi connectivity index (χ4v) is 1.73. The molecule has 0 radical (unpaired) electrons. The summed E-state index contributed by atoms with van der Waals surface area (Å²) in [5.74, 6) is 6.62. The van der Waals surface area contributed by atoms with E-state index < -0.39 is 6.10 Å². The van der Waals surface area contributed by atoms with Gasteiger partial charge in [-0.15, -0.1) is 11.8 Å². The van der Waals surface area contributed by atoms with Crippen molar-refractivity contribution in [1.82, 2.24) is 0 Å². The van der Waals surface area contributed by atoms with Crippen molar-refractivity contribution in [2.24, 2.45) is 0 Å². The van der Waals surface area contributed by atoms with Crippen molar-refractivity contribution in [1.29, 1.82) is 0 Å². The molecule has 1 N–H and O–H groups in total. The molecule has 15 heavy (non-hydrogen) atoms. The van der Waals surface area contributed by atoms with Crippen LogP contribution in [0, 0.1) is 11.8 Å². The van der Waals surface area contributed by atoms with Crippen LogP contribution in [0.1, 0.15) is 30.6 Å². The summed E-state index contributed by atoms with van der Waals surface area (Å²) in [6, 6.07) is 5.86.